The lowest BCUT2D eigenvalue weighted by Crippen LogP contribution is -2.16. The molecule has 1 rings (SSSR count). The van der Waals surface area contributed by atoms with Crippen LogP contribution in [0.15, 0.2) is 29.2 Å². The van der Waals surface area contributed by atoms with Gasteiger partial charge in [0.05, 0.1) is 11.5 Å². The zero-order chi connectivity index (χ0) is 14.5. The van der Waals surface area contributed by atoms with E-state index in [2.05, 4.69) is 20.8 Å². The number of rotatable bonds is 7. The smallest absolute Gasteiger partial charge is 0.266 e. The Hall–Kier alpha value is -0.870. The molecule has 1 aromatic carbocycles. The second kappa shape index (κ2) is 6.53. The van der Waals surface area contributed by atoms with Crippen molar-refractivity contribution in [3.63, 3.8) is 0 Å². The van der Waals surface area contributed by atoms with Gasteiger partial charge in [0.25, 0.3) is 10.1 Å². The predicted octanol–water partition coefficient (Wildman–Crippen LogP) is 3.92. The quantitative estimate of drug-likeness (QED) is 0.713. The molecule has 0 bridgehead atoms. The third-order valence-electron chi connectivity index (χ3n) is 3.25. The minimum Gasteiger partial charge on any atom is -0.266 e. The van der Waals surface area contributed by atoms with Crippen LogP contribution in [0.3, 0.4) is 0 Å². The van der Waals surface area contributed by atoms with Gasteiger partial charge >= 0.3 is 0 Å². The van der Waals surface area contributed by atoms with Crippen molar-refractivity contribution in [2.45, 2.75) is 51.9 Å². The molecule has 4 heteroatoms. The fourth-order valence-corrected chi connectivity index (χ4v) is 2.91. The van der Waals surface area contributed by atoms with Crippen LogP contribution in [0, 0.1) is 12.3 Å². The van der Waals surface area contributed by atoms with Crippen LogP contribution in [0.1, 0.15) is 45.6 Å². The van der Waals surface area contributed by atoms with Crippen LogP contribution < -0.4 is 0 Å². The monoisotopic (exact) mass is 284 g/mol. The maximum Gasteiger partial charge on any atom is 0.296 e. The van der Waals surface area contributed by atoms with Gasteiger partial charge in [-0.2, -0.15) is 8.42 Å². The first-order valence-electron chi connectivity index (χ1n) is 6.73. The van der Waals surface area contributed by atoms with Crippen molar-refractivity contribution >= 4 is 10.1 Å². The van der Waals surface area contributed by atoms with Crippen LogP contribution in [-0.2, 0) is 14.3 Å². The first-order chi connectivity index (χ1) is 8.77. The Labute approximate surface area is 117 Å². The van der Waals surface area contributed by atoms with E-state index in [4.69, 9.17) is 4.18 Å². The van der Waals surface area contributed by atoms with Crippen LogP contribution in [0.2, 0.25) is 0 Å². The first kappa shape index (κ1) is 16.2. The molecule has 0 atom stereocenters. The van der Waals surface area contributed by atoms with Crippen molar-refractivity contribution in [3.8, 4) is 0 Å². The zero-order valence-electron chi connectivity index (χ0n) is 12.3. The summed E-state index contributed by atoms with van der Waals surface area (Å²) in [5.74, 6) is 0. The van der Waals surface area contributed by atoms with E-state index < -0.39 is 10.1 Å². The van der Waals surface area contributed by atoms with E-state index in [-0.39, 0.29) is 16.9 Å². The molecule has 0 amide bonds. The highest BCUT2D eigenvalue weighted by Crippen LogP contribution is 2.27. The maximum atomic E-state index is 12.0. The Morgan fingerprint density at radius 3 is 2.21 bits per heavy atom. The second-order valence-corrected chi connectivity index (χ2v) is 7.37. The van der Waals surface area contributed by atoms with Gasteiger partial charge in [0, 0.05) is 0 Å². The van der Waals surface area contributed by atoms with Crippen molar-refractivity contribution in [2.75, 3.05) is 6.61 Å². The topological polar surface area (TPSA) is 43.4 Å². The second-order valence-electron chi connectivity index (χ2n) is 5.75. The normalized spacial score (nSPS) is 12.6. The third-order valence-corrected chi connectivity index (χ3v) is 4.58. The van der Waals surface area contributed by atoms with E-state index in [1.54, 1.807) is 24.3 Å². The van der Waals surface area contributed by atoms with E-state index in [0.29, 0.717) is 0 Å². The SMILES string of the molecule is CCCC(C)(C)CCOS(=O)(=O)c1ccc(C)cc1. The molecule has 0 spiro atoms. The van der Waals surface area contributed by atoms with Crippen molar-refractivity contribution in [1.82, 2.24) is 0 Å². The molecule has 0 N–H and O–H groups in total. The third kappa shape index (κ3) is 5.33. The molecule has 1 aromatic rings. The van der Waals surface area contributed by atoms with Gasteiger partial charge in [-0.1, -0.05) is 44.9 Å². The van der Waals surface area contributed by atoms with Crippen molar-refractivity contribution in [1.29, 1.82) is 0 Å². The Kier molecular flexibility index (Phi) is 5.56. The first-order valence-corrected chi connectivity index (χ1v) is 8.14. The standard InChI is InChI=1S/C15H24O3S/c1-5-10-15(3,4)11-12-18-19(16,17)14-8-6-13(2)7-9-14/h6-9H,5,10-12H2,1-4H3. The molecular weight excluding hydrogens is 260 g/mol. The summed E-state index contributed by atoms with van der Waals surface area (Å²) in [5.41, 5.74) is 1.15. The van der Waals surface area contributed by atoms with E-state index >= 15 is 0 Å². The lowest BCUT2D eigenvalue weighted by molar-refractivity contribution is 0.220. The summed E-state index contributed by atoms with van der Waals surface area (Å²) in [7, 11) is -3.61. The number of aryl methyl sites for hydroxylation is 1. The van der Waals surface area contributed by atoms with Crippen molar-refractivity contribution in [3.05, 3.63) is 29.8 Å². The van der Waals surface area contributed by atoms with Crippen LogP contribution in [-0.4, -0.2) is 15.0 Å². The van der Waals surface area contributed by atoms with Gasteiger partial charge in [-0.25, -0.2) is 0 Å². The number of hydrogen-bond donors (Lipinski definition) is 0. The van der Waals surface area contributed by atoms with E-state index in [1.807, 2.05) is 6.92 Å². The Morgan fingerprint density at radius 2 is 1.68 bits per heavy atom. The molecule has 0 aromatic heterocycles. The zero-order valence-corrected chi connectivity index (χ0v) is 13.1. The van der Waals surface area contributed by atoms with Gasteiger partial charge in [-0.15, -0.1) is 0 Å². The summed E-state index contributed by atoms with van der Waals surface area (Å²) < 4.78 is 29.0. The molecule has 0 unspecified atom stereocenters. The Bertz CT molecular complexity index is 487. The fourth-order valence-electron chi connectivity index (χ4n) is 2.00. The molecule has 0 radical (unpaired) electrons. The Balaban J connectivity index is 2.59. The summed E-state index contributed by atoms with van der Waals surface area (Å²) in [5, 5.41) is 0. The van der Waals surface area contributed by atoms with Gasteiger partial charge in [-0.3, -0.25) is 4.18 Å². The highest BCUT2D eigenvalue weighted by molar-refractivity contribution is 7.86. The molecule has 0 saturated carbocycles. The van der Waals surface area contributed by atoms with E-state index in [1.165, 1.54) is 0 Å². The molecule has 0 heterocycles. The molecule has 0 aliphatic heterocycles. The predicted molar refractivity (Wildman–Crippen MR) is 77.6 cm³/mol. The lowest BCUT2D eigenvalue weighted by Gasteiger charge is -2.23. The highest BCUT2D eigenvalue weighted by Gasteiger charge is 2.20. The van der Waals surface area contributed by atoms with Gasteiger partial charge in [-0.05, 0) is 37.3 Å². The summed E-state index contributed by atoms with van der Waals surface area (Å²) in [4.78, 5) is 0.228. The van der Waals surface area contributed by atoms with Crippen molar-refractivity contribution < 1.29 is 12.6 Å². The largest absolute Gasteiger partial charge is 0.296 e. The molecule has 0 fully saturated rings. The summed E-state index contributed by atoms with van der Waals surface area (Å²) >= 11 is 0. The van der Waals surface area contributed by atoms with Gasteiger partial charge in [0.1, 0.15) is 0 Å². The molecule has 19 heavy (non-hydrogen) atoms. The molecule has 0 aliphatic rings. The van der Waals surface area contributed by atoms with Crippen LogP contribution in [0.4, 0.5) is 0 Å². The summed E-state index contributed by atoms with van der Waals surface area (Å²) in [6.45, 7) is 8.57. The molecule has 0 aliphatic carbocycles. The Morgan fingerprint density at radius 1 is 1.11 bits per heavy atom. The lowest BCUT2D eigenvalue weighted by atomic mass is 9.85. The minimum absolute atomic E-state index is 0.123. The number of benzene rings is 1. The van der Waals surface area contributed by atoms with Gasteiger partial charge in [0.2, 0.25) is 0 Å². The summed E-state index contributed by atoms with van der Waals surface area (Å²) in [6, 6.07) is 6.72. The molecule has 0 saturated heterocycles. The molecule has 3 nitrogen and oxygen atoms in total. The van der Waals surface area contributed by atoms with Gasteiger partial charge < -0.3 is 0 Å². The molecular formula is C15H24O3S. The van der Waals surface area contributed by atoms with Crippen LogP contribution in [0.25, 0.3) is 0 Å². The van der Waals surface area contributed by atoms with E-state index in [0.717, 1.165) is 24.8 Å². The number of hydrogen-bond acceptors (Lipinski definition) is 3. The highest BCUT2D eigenvalue weighted by atomic mass is 32.2. The fraction of sp³-hybridized carbons (Fsp3) is 0.600. The van der Waals surface area contributed by atoms with Crippen molar-refractivity contribution in [2.24, 2.45) is 5.41 Å². The van der Waals surface area contributed by atoms with E-state index in [9.17, 15) is 8.42 Å². The van der Waals surface area contributed by atoms with Crippen LogP contribution in [0.5, 0.6) is 0 Å². The van der Waals surface area contributed by atoms with Crippen LogP contribution >= 0.6 is 0 Å². The maximum absolute atomic E-state index is 12.0. The average Bonchev–Trinajstić information content (AvgIpc) is 2.28. The molecule has 108 valence electrons. The van der Waals surface area contributed by atoms with Gasteiger partial charge in [0.15, 0.2) is 0 Å². The summed E-state index contributed by atoms with van der Waals surface area (Å²) in [6.07, 6.45) is 2.91. The average molecular weight is 284 g/mol. The minimum atomic E-state index is -3.61.